The Hall–Kier alpha value is -0.980. The molecule has 1 aromatic rings. The zero-order valence-corrected chi connectivity index (χ0v) is 11.6. The number of anilines is 1. The topological polar surface area (TPSA) is 3.24 Å². The number of likely N-dealkylation sites (N-methyl/N-ethyl adjacent to an activating group) is 1. The summed E-state index contributed by atoms with van der Waals surface area (Å²) in [5.74, 6) is 2.30. The van der Waals surface area contributed by atoms with Crippen LogP contribution in [0.15, 0.2) is 12.1 Å². The molecule has 1 nitrogen and oxygen atoms in total. The molecular formula is C16H23N. The number of benzene rings is 1. The molecule has 1 aliphatic heterocycles. The molecule has 0 saturated heterocycles. The van der Waals surface area contributed by atoms with E-state index in [-0.39, 0.29) is 0 Å². The maximum Gasteiger partial charge on any atom is 0.0407 e. The molecule has 0 amide bonds. The number of hydrogen-bond acceptors (Lipinski definition) is 1. The molecule has 0 saturated carbocycles. The second-order valence-electron chi connectivity index (χ2n) is 6.25. The molecule has 92 valence electrons. The lowest BCUT2D eigenvalue weighted by Gasteiger charge is -2.34. The summed E-state index contributed by atoms with van der Waals surface area (Å²) in [4.78, 5) is 2.49. The van der Waals surface area contributed by atoms with Crippen molar-refractivity contribution < 1.29 is 0 Å². The van der Waals surface area contributed by atoms with E-state index in [4.69, 9.17) is 0 Å². The van der Waals surface area contributed by atoms with Gasteiger partial charge in [-0.2, -0.15) is 0 Å². The summed E-state index contributed by atoms with van der Waals surface area (Å²) in [6.07, 6.45) is 1.36. The van der Waals surface area contributed by atoms with Crippen molar-refractivity contribution in [3.8, 4) is 0 Å². The molecule has 3 rings (SSSR count). The van der Waals surface area contributed by atoms with Gasteiger partial charge in [-0.25, -0.2) is 0 Å². The van der Waals surface area contributed by atoms with E-state index in [1.54, 1.807) is 11.1 Å². The lowest BCUT2D eigenvalue weighted by molar-refractivity contribution is 0.363. The van der Waals surface area contributed by atoms with Crippen LogP contribution in [0.25, 0.3) is 0 Å². The van der Waals surface area contributed by atoms with Crippen molar-refractivity contribution in [3.05, 3.63) is 28.8 Å². The SMILES string of the molecule is Cc1cc2c3c(c1)N(C)C(C)C3CC(C)C2C. The van der Waals surface area contributed by atoms with Gasteiger partial charge in [0.2, 0.25) is 0 Å². The highest BCUT2D eigenvalue weighted by molar-refractivity contribution is 5.66. The number of nitrogens with zero attached hydrogens (tertiary/aromatic N) is 1. The fraction of sp³-hybridized carbons (Fsp3) is 0.625. The highest BCUT2D eigenvalue weighted by Crippen LogP contribution is 2.52. The molecule has 1 heterocycles. The van der Waals surface area contributed by atoms with Gasteiger partial charge in [0.05, 0.1) is 0 Å². The molecule has 4 atom stereocenters. The largest absolute Gasteiger partial charge is 0.371 e. The standard InChI is InChI=1S/C16H23N/c1-9-6-13-11(3)10(2)8-14-12(4)17(5)15(7-9)16(13)14/h6-7,10-12,14H,8H2,1-5H3. The van der Waals surface area contributed by atoms with Gasteiger partial charge in [-0.3, -0.25) is 0 Å². The summed E-state index contributed by atoms with van der Waals surface area (Å²) in [6.45, 7) is 9.43. The minimum atomic E-state index is 0.667. The zero-order valence-electron chi connectivity index (χ0n) is 11.6. The summed E-state index contributed by atoms with van der Waals surface area (Å²) >= 11 is 0. The van der Waals surface area contributed by atoms with Crippen LogP contribution in [0.4, 0.5) is 5.69 Å². The molecule has 0 bridgehead atoms. The average molecular weight is 229 g/mol. The molecule has 1 aromatic carbocycles. The molecule has 17 heavy (non-hydrogen) atoms. The van der Waals surface area contributed by atoms with Crippen molar-refractivity contribution in [2.75, 3.05) is 11.9 Å². The lowest BCUT2D eigenvalue weighted by atomic mass is 9.70. The number of hydrogen-bond donors (Lipinski definition) is 0. The minimum absolute atomic E-state index is 0.667. The molecule has 1 aliphatic carbocycles. The first-order chi connectivity index (χ1) is 8.00. The molecular weight excluding hydrogens is 206 g/mol. The van der Waals surface area contributed by atoms with E-state index < -0.39 is 0 Å². The van der Waals surface area contributed by atoms with E-state index >= 15 is 0 Å². The predicted molar refractivity (Wildman–Crippen MR) is 74.0 cm³/mol. The molecule has 0 radical (unpaired) electrons. The third-order valence-electron chi connectivity index (χ3n) is 5.25. The van der Waals surface area contributed by atoms with Crippen molar-refractivity contribution in [1.82, 2.24) is 0 Å². The Balaban J connectivity index is 2.25. The quantitative estimate of drug-likeness (QED) is 0.648. The summed E-state index contributed by atoms with van der Waals surface area (Å²) in [5.41, 5.74) is 6.20. The Bertz CT molecular complexity index is 463. The molecule has 0 spiro atoms. The Morgan fingerprint density at radius 2 is 1.88 bits per heavy atom. The fourth-order valence-electron chi connectivity index (χ4n) is 3.84. The number of aryl methyl sites for hydroxylation is 1. The first kappa shape index (κ1) is 11.1. The Morgan fingerprint density at radius 3 is 2.59 bits per heavy atom. The molecule has 0 aromatic heterocycles. The van der Waals surface area contributed by atoms with Crippen LogP contribution >= 0.6 is 0 Å². The summed E-state index contributed by atoms with van der Waals surface area (Å²) < 4.78 is 0. The predicted octanol–water partition coefficient (Wildman–Crippen LogP) is 4.06. The maximum absolute atomic E-state index is 2.49. The molecule has 0 fully saturated rings. The lowest BCUT2D eigenvalue weighted by Crippen LogP contribution is -2.29. The third-order valence-corrected chi connectivity index (χ3v) is 5.25. The summed E-state index contributed by atoms with van der Waals surface area (Å²) in [5, 5.41) is 0. The van der Waals surface area contributed by atoms with Crippen molar-refractivity contribution in [1.29, 1.82) is 0 Å². The van der Waals surface area contributed by atoms with E-state index in [0.717, 1.165) is 17.8 Å². The van der Waals surface area contributed by atoms with Crippen LogP contribution in [0, 0.1) is 12.8 Å². The zero-order chi connectivity index (χ0) is 12.3. The van der Waals surface area contributed by atoms with Crippen LogP contribution in [0.2, 0.25) is 0 Å². The minimum Gasteiger partial charge on any atom is -0.371 e. The van der Waals surface area contributed by atoms with Crippen LogP contribution in [0.3, 0.4) is 0 Å². The first-order valence-electron chi connectivity index (χ1n) is 6.88. The molecule has 2 aliphatic rings. The van der Waals surface area contributed by atoms with Crippen molar-refractivity contribution in [3.63, 3.8) is 0 Å². The van der Waals surface area contributed by atoms with Gasteiger partial charge in [0.25, 0.3) is 0 Å². The van der Waals surface area contributed by atoms with Gasteiger partial charge in [0.1, 0.15) is 0 Å². The van der Waals surface area contributed by atoms with Gasteiger partial charge in [-0.15, -0.1) is 0 Å². The van der Waals surface area contributed by atoms with Gasteiger partial charge in [0.15, 0.2) is 0 Å². The maximum atomic E-state index is 2.49. The first-order valence-corrected chi connectivity index (χ1v) is 6.88. The Morgan fingerprint density at radius 1 is 1.18 bits per heavy atom. The van der Waals surface area contributed by atoms with Crippen molar-refractivity contribution in [2.24, 2.45) is 5.92 Å². The average Bonchev–Trinajstić information content (AvgIpc) is 2.52. The number of rotatable bonds is 0. The smallest absolute Gasteiger partial charge is 0.0407 e. The Kier molecular flexibility index (Phi) is 2.30. The highest BCUT2D eigenvalue weighted by atomic mass is 15.2. The Labute approximate surface area is 105 Å². The van der Waals surface area contributed by atoms with E-state index in [0.29, 0.717) is 6.04 Å². The van der Waals surface area contributed by atoms with E-state index in [9.17, 15) is 0 Å². The molecule has 0 N–H and O–H groups in total. The van der Waals surface area contributed by atoms with Gasteiger partial charge < -0.3 is 4.90 Å². The fourth-order valence-corrected chi connectivity index (χ4v) is 3.84. The van der Waals surface area contributed by atoms with Gasteiger partial charge in [0, 0.05) is 24.7 Å². The van der Waals surface area contributed by atoms with Crippen LogP contribution in [0.1, 0.15) is 55.7 Å². The van der Waals surface area contributed by atoms with Crippen LogP contribution in [-0.4, -0.2) is 13.1 Å². The highest BCUT2D eigenvalue weighted by Gasteiger charge is 2.41. The monoisotopic (exact) mass is 229 g/mol. The third kappa shape index (κ3) is 1.38. The van der Waals surface area contributed by atoms with Crippen LogP contribution in [0.5, 0.6) is 0 Å². The van der Waals surface area contributed by atoms with E-state index in [1.165, 1.54) is 17.7 Å². The normalized spacial score (nSPS) is 35.0. The summed E-state index contributed by atoms with van der Waals surface area (Å²) in [6, 6.07) is 5.47. The van der Waals surface area contributed by atoms with Crippen LogP contribution < -0.4 is 4.90 Å². The second-order valence-corrected chi connectivity index (χ2v) is 6.25. The van der Waals surface area contributed by atoms with E-state index in [1.807, 2.05) is 0 Å². The molecule has 4 unspecified atom stereocenters. The van der Waals surface area contributed by atoms with Gasteiger partial charge in [-0.05, 0) is 54.9 Å². The summed E-state index contributed by atoms with van der Waals surface area (Å²) in [7, 11) is 2.26. The van der Waals surface area contributed by atoms with Gasteiger partial charge in [-0.1, -0.05) is 19.9 Å². The van der Waals surface area contributed by atoms with Gasteiger partial charge >= 0.3 is 0 Å². The van der Waals surface area contributed by atoms with E-state index in [2.05, 4.69) is 51.8 Å². The van der Waals surface area contributed by atoms with Crippen molar-refractivity contribution >= 4 is 5.69 Å². The molecule has 1 heteroatoms. The van der Waals surface area contributed by atoms with Crippen molar-refractivity contribution in [2.45, 2.75) is 52.0 Å². The second kappa shape index (κ2) is 3.51. The van der Waals surface area contributed by atoms with Crippen LogP contribution in [-0.2, 0) is 0 Å².